The maximum absolute atomic E-state index is 5.14. The first kappa shape index (κ1) is 10.5. The molecular formula is C13H13NO2. The molecule has 0 radical (unpaired) electrons. The van der Waals surface area contributed by atoms with E-state index < -0.39 is 0 Å². The lowest BCUT2D eigenvalue weighted by Gasteiger charge is -2.00. The Balaban J connectivity index is 1.94. The number of nitrogens with zero attached hydrogens (tertiary/aromatic N) is 1. The van der Waals surface area contributed by atoms with Gasteiger partial charge in [-0.15, -0.1) is 0 Å². The molecular weight excluding hydrogens is 202 g/mol. The van der Waals surface area contributed by atoms with E-state index in [2.05, 4.69) is 4.99 Å². The number of aliphatic imine (C=N–C) groups is 1. The van der Waals surface area contributed by atoms with Crippen LogP contribution in [0.15, 0.2) is 52.1 Å². The third-order valence-corrected chi connectivity index (χ3v) is 2.19. The maximum Gasteiger partial charge on any atom is 0.144 e. The van der Waals surface area contributed by atoms with E-state index >= 15 is 0 Å². The number of hydrogen-bond donors (Lipinski definition) is 0. The molecule has 2 rings (SSSR count). The summed E-state index contributed by atoms with van der Waals surface area (Å²) in [6, 6.07) is 11.6. The molecule has 0 unspecified atom stereocenters. The number of furan rings is 1. The van der Waals surface area contributed by atoms with Crippen molar-refractivity contribution in [1.82, 2.24) is 0 Å². The molecule has 82 valence electrons. The molecule has 3 nitrogen and oxygen atoms in total. The van der Waals surface area contributed by atoms with Gasteiger partial charge < -0.3 is 9.15 Å². The lowest BCUT2D eigenvalue weighted by molar-refractivity contribution is 0.414. The first-order chi connectivity index (χ1) is 7.88. The molecule has 0 spiro atoms. The predicted molar refractivity (Wildman–Crippen MR) is 63.0 cm³/mol. The summed E-state index contributed by atoms with van der Waals surface area (Å²) in [7, 11) is 1.66. The van der Waals surface area contributed by atoms with E-state index in [1.54, 1.807) is 19.6 Å². The molecule has 0 saturated carbocycles. The quantitative estimate of drug-likeness (QED) is 0.735. The summed E-state index contributed by atoms with van der Waals surface area (Å²) in [6.07, 6.45) is 3.36. The molecule has 0 bridgehead atoms. The smallest absolute Gasteiger partial charge is 0.144 e. The standard InChI is InChI=1S/C13H13NO2/c1-15-12-6-4-11(5-7-12)9-14-10-13-3-2-8-16-13/h2-8,10H,9H2,1H3. The van der Waals surface area contributed by atoms with Gasteiger partial charge in [-0.2, -0.15) is 0 Å². The highest BCUT2D eigenvalue weighted by atomic mass is 16.5. The summed E-state index contributed by atoms with van der Waals surface area (Å²) in [5, 5.41) is 0. The van der Waals surface area contributed by atoms with E-state index in [1.165, 1.54) is 0 Å². The van der Waals surface area contributed by atoms with Crippen molar-refractivity contribution in [2.24, 2.45) is 4.99 Å². The van der Waals surface area contributed by atoms with Gasteiger partial charge in [-0.05, 0) is 29.8 Å². The van der Waals surface area contributed by atoms with E-state index in [0.717, 1.165) is 17.1 Å². The Morgan fingerprint density at radius 1 is 1.25 bits per heavy atom. The summed E-state index contributed by atoms with van der Waals surface area (Å²) in [5.74, 6) is 1.63. The maximum atomic E-state index is 5.14. The summed E-state index contributed by atoms with van der Waals surface area (Å²) < 4.78 is 10.2. The van der Waals surface area contributed by atoms with Crippen molar-refractivity contribution in [3.63, 3.8) is 0 Å². The minimum absolute atomic E-state index is 0.644. The Kier molecular flexibility index (Phi) is 3.38. The van der Waals surface area contributed by atoms with E-state index in [4.69, 9.17) is 9.15 Å². The Hall–Kier alpha value is -2.03. The van der Waals surface area contributed by atoms with Gasteiger partial charge in [0.05, 0.1) is 26.1 Å². The zero-order valence-corrected chi connectivity index (χ0v) is 9.09. The van der Waals surface area contributed by atoms with Gasteiger partial charge in [-0.25, -0.2) is 0 Å². The zero-order valence-electron chi connectivity index (χ0n) is 9.09. The molecule has 0 amide bonds. The summed E-state index contributed by atoms with van der Waals surface area (Å²) in [4.78, 5) is 4.28. The van der Waals surface area contributed by atoms with Gasteiger partial charge in [-0.1, -0.05) is 12.1 Å². The second-order valence-electron chi connectivity index (χ2n) is 3.33. The van der Waals surface area contributed by atoms with Gasteiger partial charge in [0.25, 0.3) is 0 Å². The molecule has 16 heavy (non-hydrogen) atoms. The Morgan fingerprint density at radius 3 is 2.69 bits per heavy atom. The van der Waals surface area contributed by atoms with Crippen LogP contribution in [-0.4, -0.2) is 13.3 Å². The van der Waals surface area contributed by atoms with Crippen molar-refractivity contribution in [1.29, 1.82) is 0 Å². The Bertz CT molecular complexity index is 443. The monoisotopic (exact) mass is 215 g/mol. The molecule has 0 aliphatic rings. The van der Waals surface area contributed by atoms with Crippen molar-refractivity contribution in [2.75, 3.05) is 7.11 Å². The fraction of sp³-hybridized carbons (Fsp3) is 0.154. The third-order valence-electron chi connectivity index (χ3n) is 2.19. The van der Waals surface area contributed by atoms with Crippen molar-refractivity contribution in [3.8, 4) is 5.75 Å². The van der Waals surface area contributed by atoms with Crippen LogP contribution in [0.2, 0.25) is 0 Å². The largest absolute Gasteiger partial charge is 0.497 e. The van der Waals surface area contributed by atoms with Crippen LogP contribution in [0.1, 0.15) is 11.3 Å². The topological polar surface area (TPSA) is 34.7 Å². The van der Waals surface area contributed by atoms with Gasteiger partial charge in [-0.3, -0.25) is 4.99 Å². The van der Waals surface area contributed by atoms with E-state index in [9.17, 15) is 0 Å². The molecule has 1 aromatic heterocycles. The second kappa shape index (κ2) is 5.16. The van der Waals surface area contributed by atoms with Crippen LogP contribution in [0.3, 0.4) is 0 Å². The first-order valence-electron chi connectivity index (χ1n) is 5.05. The zero-order chi connectivity index (χ0) is 11.2. The fourth-order valence-electron chi connectivity index (χ4n) is 1.34. The Labute approximate surface area is 94.4 Å². The molecule has 0 aliphatic carbocycles. The molecule has 0 fully saturated rings. The number of hydrogen-bond acceptors (Lipinski definition) is 3. The molecule has 3 heteroatoms. The van der Waals surface area contributed by atoms with E-state index in [1.807, 2.05) is 36.4 Å². The molecule has 2 aromatic rings. The van der Waals surface area contributed by atoms with Gasteiger partial charge >= 0.3 is 0 Å². The summed E-state index contributed by atoms with van der Waals surface area (Å²) in [5.41, 5.74) is 1.14. The highest BCUT2D eigenvalue weighted by Crippen LogP contribution is 2.11. The molecule has 0 aliphatic heterocycles. The number of ether oxygens (including phenoxy) is 1. The number of methoxy groups -OCH3 is 1. The van der Waals surface area contributed by atoms with Crippen LogP contribution in [0, 0.1) is 0 Å². The highest BCUT2D eigenvalue weighted by Gasteiger charge is 1.93. The normalized spacial score (nSPS) is 10.8. The Morgan fingerprint density at radius 2 is 2.06 bits per heavy atom. The van der Waals surface area contributed by atoms with Crippen LogP contribution in [0.25, 0.3) is 0 Å². The molecule has 1 heterocycles. The lowest BCUT2D eigenvalue weighted by Crippen LogP contribution is -1.85. The minimum atomic E-state index is 0.644. The number of rotatable bonds is 4. The third kappa shape index (κ3) is 2.73. The predicted octanol–water partition coefficient (Wildman–Crippen LogP) is 2.91. The summed E-state index contributed by atoms with van der Waals surface area (Å²) >= 11 is 0. The minimum Gasteiger partial charge on any atom is -0.497 e. The molecule has 0 N–H and O–H groups in total. The van der Waals surface area contributed by atoms with Crippen LogP contribution in [0.5, 0.6) is 5.75 Å². The SMILES string of the molecule is COc1ccc(CN=Cc2ccco2)cc1. The van der Waals surface area contributed by atoms with Gasteiger partial charge in [0.1, 0.15) is 11.5 Å². The van der Waals surface area contributed by atoms with Gasteiger partial charge in [0.15, 0.2) is 0 Å². The van der Waals surface area contributed by atoms with Crippen molar-refractivity contribution in [2.45, 2.75) is 6.54 Å². The van der Waals surface area contributed by atoms with Gasteiger partial charge in [0, 0.05) is 0 Å². The first-order valence-corrected chi connectivity index (χ1v) is 5.05. The van der Waals surface area contributed by atoms with Crippen LogP contribution in [0.4, 0.5) is 0 Å². The van der Waals surface area contributed by atoms with E-state index in [-0.39, 0.29) is 0 Å². The van der Waals surface area contributed by atoms with Crippen LogP contribution < -0.4 is 4.74 Å². The molecule has 0 atom stereocenters. The van der Waals surface area contributed by atoms with Crippen LogP contribution >= 0.6 is 0 Å². The fourth-order valence-corrected chi connectivity index (χ4v) is 1.34. The molecule has 0 saturated heterocycles. The lowest BCUT2D eigenvalue weighted by atomic mass is 10.2. The highest BCUT2D eigenvalue weighted by molar-refractivity contribution is 5.75. The molecule has 1 aromatic carbocycles. The van der Waals surface area contributed by atoms with Crippen LogP contribution in [-0.2, 0) is 6.54 Å². The van der Waals surface area contributed by atoms with Gasteiger partial charge in [0.2, 0.25) is 0 Å². The average Bonchev–Trinajstić information content (AvgIpc) is 2.83. The second-order valence-corrected chi connectivity index (χ2v) is 3.33. The summed E-state index contributed by atoms with van der Waals surface area (Å²) in [6.45, 7) is 0.644. The van der Waals surface area contributed by atoms with Crippen molar-refractivity contribution in [3.05, 3.63) is 54.0 Å². The average molecular weight is 215 g/mol. The number of benzene rings is 1. The van der Waals surface area contributed by atoms with E-state index in [0.29, 0.717) is 6.54 Å². The van der Waals surface area contributed by atoms with Crippen molar-refractivity contribution >= 4 is 6.21 Å². The van der Waals surface area contributed by atoms with Crippen molar-refractivity contribution < 1.29 is 9.15 Å².